The second-order valence-corrected chi connectivity index (χ2v) is 5.44. The first-order valence-electron chi connectivity index (χ1n) is 6.58. The van der Waals surface area contributed by atoms with Crippen LogP contribution in [0.5, 0.6) is 0 Å². The number of anilines is 1. The zero-order valence-electron chi connectivity index (χ0n) is 11.0. The van der Waals surface area contributed by atoms with E-state index in [0.29, 0.717) is 17.5 Å². The average Bonchev–Trinajstić information content (AvgIpc) is 2.33. The van der Waals surface area contributed by atoms with Gasteiger partial charge in [-0.25, -0.2) is 4.98 Å². The Morgan fingerprint density at radius 2 is 2.17 bits per heavy atom. The number of carbonyl (C=O) groups is 1. The van der Waals surface area contributed by atoms with Crippen molar-refractivity contribution in [1.29, 1.82) is 0 Å². The fourth-order valence-electron chi connectivity index (χ4n) is 2.69. The molecule has 3 N–H and O–H groups in total. The molecule has 18 heavy (non-hydrogen) atoms. The normalized spacial score (nSPS) is 27.8. The predicted octanol–water partition coefficient (Wildman–Crippen LogP) is 2.42. The highest BCUT2D eigenvalue weighted by molar-refractivity contribution is 5.92. The molecular weight excluding hydrogens is 226 g/mol. The van der Waals surface area contributed by atoms with E-state index in [1.54, 1.807) is 6.07 Å². The molecular formula is C14H21N3O. The summed E-state index contributed by atoms with van der Waals surface area (Å²) in [4.78, 5) is 15.2. The van der Waals surface area contributed by atoms with E-state index in [9.17, 15) is 4.79 Å². The summed E-state index contributed by atoms with van der Waals surface area (Å²) >= 11 is 0. The second kappa shape index (κ2) is 5.38. The van der Waals surface area contributed by atoms with Gasteiger partial charge in [-0.05, 0) is 43.2 Å². The van der Waals surface area contributed by atoms with Crippen LogP contribution in [0.3, 0.4) is 0 Å². The van der Waals surface area contributed by atoms with Gasteiger partial charge >= 0.3 is 0 Å². The van der Waals surface area contributed by atoms with Gasteiger partial charge in [0.25, 0.3) is 0 Å². The lowest BCUT2D eigenvalue weighted by atomic mass is 9.80. The standard InChI is InChI=1S/C14H21N3O/c1-9-3-5-12(10(2)7-9)17-13-6-4-11(8-16-13)14(15)18/h4,6,8-10,12H,3,5,7H2,1-2H3,(H2,15,18)(H,16,17). The molecule has 0 aliphatic heterocycles. The van der Waals surface area contributed by atoms with E-state index in [2.05, 4.69) is 24.1 Å². The highest BCUT2D eigenvalue weighted by atomic mass is 16.1. The lowest BCUT2D eigenvalue weighted by Gasteiger charge is -2.33. The van der Waals surface area contributed by atoms with Gasteiger partial charge in [0.15, 0.2) is 0 Å². The van der Waals surface area contributed by atoms with E-state index >= 15 is 0 Å². The number of carbonyl (C=O) groups excluding carboxylic acids is 1. The molecule has 0 saturated heterocycles. The van der Waals surface area contributed by atoms with Gasteiger partial charge in [-0.1, -0.05) is 13.8 Å². The first-order chi connectivity index (χ1) is 8.56. The molecule has 1 amide bonds. The molecule has 1 fully saturated rings. The van der Waals surface area contributed by atoms with E-state index in [4.69, 9.17) is 5.73 Å². The zero-order valence-corrected chi connectivity index (χ0v) is 11.0. The van der Waals surface area contributed by atoms with E-state index in [1.165, 1.54) is 25.5 Å². The lowest BCUT2D eigenvalue weighted by molar-refractivity contribution is 0.1000. The smallest absolute Gasteiger partial charge is 0.250 e. The van der Waals surface area contributed by atoms with Crippen LogP contribution in [0.15, 0.2) is 18.3 Å². The quantitative estimate of drug-likeness (QED) is 0.862. The number of nitrogens with two attached hydrogens (primary N) is 1. The van der Waals surface area contributed by atoms with Crippen LogP contribution in [0.4, 0.5) is 5.82 Å². The van der Waals surface area contributed by atoms with E-state index < -0.39 is 5.91 Å². The Labute approximate surface area is 108 Å². The van der Waals surface area contributed by atoms with Crippen LogP contribution in [-0.2, 0) is 0 Å². The van der Waals surface area contributed by atoms with Crippen LogP contribution >= 0.6 is 0 Å². The van der Waals surface area contributed by atoms with Crippen molar-refractivity contribution in [2.75, 3.05) is 5.32 Å². The minimum atomic E-state index is -0.436. The number of nitrogens with zero attached hydrogens (tertiary/aromatic N) is 1. The Morgan fingerprint density at radius 3 is 2.72 bits per heavy atom. The third-order valence-corrected chi connectivity index (χ3v) is 3.81. The van der Waals surface area contributed by atoms with Gasteiger partial charge in [-0.3, -0.25) is 4.79 Å². The summed E-state index contributed by atoms with van der Waals surface area (Å²) in [5.74, 6) is 1.87. The van der Waals surface area contributed by atoms with Crippen molar-refractivity contribution in [2.24, 2.45) is 17.6 Å². The summed E-state index contributed by atoms with van der Waals surface area (Å²) < 4.78 is 0. The van der Waals surface area contributed by atoms with Crippen LogP contribution in [0.25, 0.3) is 0 Å². The van der Waals surface area contributed by atoms with Gasteiger partial charge in [-0.2, -0.15) is 0 Å². The third-order valence-electron chi connectivity index (χ3n) is 3.81. The summed E-state index contributed by atoms with van der Waals surface area (Å²) in [6, 6.07) is 4.02. The van der Waals surface area contributed by atoms with Gasteiger partial charge in [0.1, 0.15) is 5.82 Å². The first kappa shape index (κ1) is 12.9. The van der Waals surface area contributed by atoms with Crippen molar-refractivity contribution in [3.63, 3.8) is 0 Å². The second-order valence-electron chi connectivity index (χ2n) is 5.44. The number of nitrogens with one attached hydrogen (secondary N) is 1. The van der Waals surface area contributed by atoms with Crippen molar-refractivity contribution < 1.29 is 4.79 Å². The molecule has 1 heterocycles. The number of hydrogen-bond acceptors (Lipinski definition) is 3. The number of primary amides is 1. The van der Waals surface area contributed by atoms with Crippen molar-refractivity contribution in [3.8, 4) is 0 Å². The van der Waals surface area contributed by atoms with Crippen molar-refractivity contribution >= 4 is 11.7 Å². The Bertz CT molecular complexity index is 416. The largest absolute Gasteiger partial charge is 0.367 e. The fraction of sp³-hybridized carbons (Fsp3) is 0.571. The molecule has 3 unspecified atom stereocenters. The monoisotopic (exact) mass is 247 g/mol. The molecule has 1 aromatic heterocycles. The number of aromatic nitrogens is 1. The van der Waals surface area contributed by atoms with Crippen LogP contribution < -0.4 is 11.1 Å². The molecule has 0 bridgehead atoms. The fourth-order valence-corrected chi connectivity index (χ4v) is 2.69. The maximum Gasteiger partial charge on any atom is 0.250 e. The van der Waals surface area contributed by atoms with Crippen LogP contribution in [0, 0.1) is 11.8 Å². The van der Waals surface area contributed by atoms with E-state index in [1.807, 2.05) is 6.07 Å². The number of pyridine rings is 1. The summed E-state index contributed by atoms with van der Waals surface area (Å²) in [6.45, 7) is 4.59. The molecule has 4 nitrogen and oxygen atoms in total. The van der Waals surface area contributed by atoms with Crippen LogP contribution in [0.2, 0.25) is 0 Å². The predicted molar refractivity (Wildman–Crippen MR) is 72.3 cm³/mol. The molecule has 1 aromatic rings. The van der Waals surface area contributed by atoms with Crippen molar-refractivity contribution in [3.05, 3.63) is 23.9 Å². The lowest BCUT2D eigenvalue weighted by Crippen LogP contribution is -2.33. The first-order valence-corrected chi connectivity index (χ1v) is 6.58. The highest BCUT2D eigenvalue weighted by Crippen LogP contribution is 2.30. The van der Waals surface area contributed by atoms with Gasteiger partial charge in [0.05, 0.1) is 5.56 Å². The molecule has 98 valence electrons. The van der Waals surface area contributed by atoms with E-state index in [0.717, 1.165) is 11.7 Å². The Kier molecular flexibility index (Phi) is 3.84. The van der Waals surface area contributed by atoms with Gasteiger partial charge in [0, 0.05) is 12.2 Å². The topological polar surface area (TPSA) is 68.0 Å². The summed E-state index contributed by atoms with van der Waals surface area (Å²) in [6.07, 6.45) is 5.24. The Balaban J connectivity index is 1.99. The molecule has 0 aromatic carbocycles. The van der Waals surface area contributed by atoms with Crippen LogP contribution in [-0.4, -0.2) is 16.9 Å². The van der Waals surface area contributed by atoms with Crippen molar-refractivity contribution in [2.45, 2.75) is 39.2 Å². The van der Waals surface area contributed by atoms with Gasteiger partial charge in [0.2, 0.25) is 5.91 Å². The Morgan fingerprint density at radius 1 is 1.39 bits per heavy atom. The molecule has 0 radical (unpaired) electrons. The zero-order chi connectivity index (χ0) is 13.1. The highest BCUT2D eigenvalue weighted by Gasteiger charge is 2.25. The minimum Gasteiger partial charge on any atom is -0.367 e. The maximum absolute atomic E-state index is 11.0. The molecule has 3 atom stereocenters. The third kappa shape index (κ3) is 3.00. The Hall–Kier alpha value is -1.58. The maximum atomic E-state index is 11.0. The van der Waals surface area contributed by atoms with E-state index in [-0.39, 0.29) is 0 Å². The summed E-state index contributed by atoms with van der Waals surface area (Å²) in [5.41, 5.74) is 5.64. The molecule has 1 aliphatic carbocycles. The van der Waals surface area contributed by atoms with Gasteiger partial charge in [-0.15, -0.1) is 0 Å². The molecule has 0 spiro atoms. The van der Waals surface area contributed by atoms with Gasteiger partial charge < -0.3 is 11.1 Å². The minimum absolute atomic E-state index is 0.436. The molecule has 1 aliphatic rings. The summed E-state index contributed by atoms with van der Waals surface area (Å²) in [7, 11) is 0. The number of rotatable bonds is 3. The van der Waals surface area contributed by atoms with Crippen LogP contribution in [0.1, 0.15) is 43.5 Å². The SMILES string of the molecule is CC1CCC(Nc2ccc(C(N)=O)cn2)C(C)C1. The van der Waals surface area contributed by atoms with Crippen molar-refractivity contribution in [1.82, 2.24) is 4.98 Å². The molecule has 1 saturated carbocycles. The average molecular weight is 247 g/mol. The summed E-state index contributed by atoms with van der Waals surface area (Å²) in [5, 5.41) is 3.45. The number of hydrogen-bond donors (Lipinski definition) is 2. The number of amides is 1. The molecule has 2 rings (SSSR count). The molecule has 4 heteroatoms.